The highest BCUT2D eigenvalue weighted by atomic mass is 32.1. The number of carbonyl (C=O) groups excluding carboxylic acids is 2. The van der Waals surface area contributed by atoms with Gasteiger partial charge in [0.2, 0.25) is 5.91 Å². The smallest absolute Gasteiger partial charge is 0.261 e. The van der Waals surface area contributed by atoms with Gasteiger partial charge in [-0.05, 0) is 31.2 Å². The maximum Gasteiger partial charge on any atom is 0.261 e. The summed E-state index contributed by atoms with van der Waals surface area (Å²) in [6.45, 7) is 4.82. The molecular weight excluding hydrogens is 338 g/mol. The fourth-order valence-corrected chi connectivity index (χ4v) is 3.44. The van der Waals surface area contributed by atoms with Crippen molar-refractivity contribution >= 4 is 34.5 Å². The van der Waals surface area contributed by atoms with Crippen LogP contribution < -0.4 is 15.5 Å². The van der Waals surface area contributed by atoms with Crippen LogP contribution in [0.3, 0.4) is 0 Å². The molecule has 1 aromatic carbocycles. The van der Waals surface area contributed by atoms with Gasteiger partial charge in [0, 0.05) is 18.0 Å². The Balaban J connectivity index is 1.58. The van der Waals surface area contributed by atoms with Crippen LogP contribution in [0.1, 0.15) is 14.5 Å². The molecule has 0 unspecified atom stereocenters. The van der Waals surface area contributed by atoms with E-state index >= 15 is 0 Å². The second kappa shape index (κ2) is 8.13. The van der Waals surface area contributed by atoms with Crippen LogP contribution in [0.25, 0.3) is 0 Å². The van der Waals surface area contributed by atoms with Gasteiger partial charge in [-0.3, -0.25) is 9.59 Å². The molecule has 7 heteroatoms. The van der Waals surface area contributed by atoms with Crippen LogP contribution in [-0.4, -0.2) is 44.7 Å². The Bertz CT molecular complexity index is 754. The van der Waals surface area contributed by atoms with Gasteiger partial charge in [0.15, 0.2) is 0 Å². The van der Waals surface area contributed by atoms with Crippen LogP contribution in [0.15, 0.2) is 36.4 Å². The average molecular weight is 359 g/mol. The number of nitrogens with zero attached hydrogens (tertiary/aromatic N) is 1. The minimum Gasteiger partial charge on any atom is -0.378 e. The Morgan fingerprint density at radius 1 is 1.16 bits per heavy atom. The average Bonchev–Trinajstić information content (AvgIpc) is 3.07. The minimum atomic E-state index is -0.248. The number of para-hydroxylation sites is 2. The molecule has 2 amide bonds. The third-order valence-electron chi connectivity index (χ3n) is 3.90. The first kappa shape index (κ1) is 17.4. The van der Waals surface area contributed by atoms with Gasteiger partial charge in [0.1, 0.15) is 0 Å². The predicted octanol–water partition coefficient (Wildman–Crippen LogP) is 2.26. The Kier molecular flexibility index (Phi) is 5.67. The molecular formula is C18H21N3O3S. The summed E-state index contributed by atoms with van der Waals surface area (Å²) in [5, 5.41) is 5.54. The first-order chi connectivity index (χ1) is 12.1. The number of anilines is 2. The lowest BCUT2D eigenvalue weighted by Crippen LogP contribution is -2.37. The zero-order valence-electron chi connectivity index (χ0n) is 14.1. The lowest BCUT2D eigenvalue weighted by Gasteiger charge is -2.30. The number of hydrogen-bond acceptors (Lipinski definition) is 5. The fraction of sp³-hybridized carbons (Fsp3) is 0.333. The summed E-state index contributed by atoms with van der Waals surface area (Å²) in [6.07, 6.45) is 0. The third kappa shape index (κ3) is 4.58. The van der Waals surface area contributed by atoms with E-state index in [-0.39, 0.29) is 18.4 Å². The molecule has 0 spiro atoms. The number of rotatable bonds is 5. The van der Waals surface area contributed by atoms with Gasteiger partial charge in [-0.1, -0.05) is 12.1 Å². The van der Waals surface area contributed by atoms with Crippen molar-refractivity contribution in [2.45, 2.75) is 6.92 Å². The van der Waals surface area contributed by atoms with Crippen molar-refractivity contribution in [2.75, 3.05) is 43.1 Å². The van der Waals surface area contributed by atoms with Gasteiger partial charge in [0.25, 0.3) is 5.91 Å². The van der Waals surface area contributed by atoms with Crippen LogP contribution in [0.2, 0.25) is 0 Å². The summed E-state index contributed by atoms with van der Waals surface area (Å²) in [5.41, 5.74) is 1.72. The lowest BCUT2D eigenvalue weighted by molar-refractivity contribution is -0.115. The first-order valence-corrected chi connectivity index (χ1v) is 9.01. The van der Waals surface area contributed by atoms with Crippen molar-refractivity contribution in [3.05, 3.63) is 46.2 Å². The molecule has 1 aromatic heterocycles. The molecule has 2 N–H and O–H groups in total. The van der Waals surface area contributed by atoms with Crippen molar-refractivity contribution in [3.63, 3.8) is 0 Å². The van der Waals surface area contributed by atoms with E-state index in [4.69, 9.17) is 4.74 Å². The summed E-state index contributed by atoms with van der Waals surface area (Å²) in [4.78, 5) is 28.1. The summed E-state index contributed by atoms with van der Waals surface area (Å²) in [6, 6.07) is 11.3. The van der Waals surface area contributed by atoms with E-state index in [1.165, 1.54) is 11.3 Å². The number of ether oxygens (including phenoxy) is 1. The molecule has 1 aliphatic rings. The molecule has 2 heterocycles. The molecule has 1 fully saturated rings. The normalized spacial score (nSPS) is 14.2. The van der Waals surface area contributed by atoms with Crippen molar-refractivity contribution in [2.24, 2.45) is 0 Å². The third-order valence-corrected chi connectivity index (χ3v) is 4.90. The molecule has 132 valence electrons. The molecule has 0 atom stereocenters. The van der Waals surface area contributed by atoms with Crippen LogP contribution in [0.4, 0.5) is 11.4 Å². The minimum absolute atomic E-state index is 0.0623. The van der Waals surface area contributed by atoms with Gasteiger partial charge < -0.3 is 20.3 Å². The van der Waals surface area contributed by atoms with Crippen LogP contribution in [0, 0.1) is 6.92 Å². The SMILES string of the molecule is Cc1ccc(C(=O)NCC(=O)Nc2ccccc2N2CCOCC2)s1. The number of carbonyl (C=O) groups is 2. The quantitative estimate of drug-likeness (QED) is 0.859. The molecule has 25 heavy (non-hydrogen) atoms. The molecule has 0 aliphatic carbocycles. The number of morpholine rings is 1. The first-order valence-electron chi connectivity index (χ1n) is 8.20. The maximum atomic E-state index is 12.2. The molecule has 0 saturated carbocycles. The summed E-state index contributed by atoms with van der Waals surface area (Å²) in [7, 11) is 0. The summed E-state index contributed by atoms with van der Waals surface area (Å²) < 4.78 is 5.38. The predicted molar refractivity (Wildman–Crippen MR) is 99.5 cm³/mol. The highest BCUT2D eigenvalue weighted by Gasteiger charge is 2.16. The largest absolute Gasteiger partial charge is 0.378 e. The monoisotopic (exact) mass is 359 g/mol. The van der Waals surface area contributed by atoms with Gasteiger partial charge in [-0.2, -0.15) is 0 Å². The van der Waals surface area contributed by atoms with Crippen molar-refractivity contribution in [1.82, 2.24) is 5.32 Å². The highest BCUT2D eigenvalue weighted by molar-refractivity contribution is 7.13. The van der Waals surface area contributed by atoms with Gasteiger partial charge in [-0.15, -0.1) is 11.3 Å². The molecule has 2 aromatic rings. The van der Waals surface area contributed by atoms with Crippen molar-refractivity contribution in [3.8, 4) is 0 Å². The molecule has 1 aliphatic heterocycles. The zero-order chi connectivity index (χ0) is 17.6. The molecule has 0 radical (unpaired) electrons. The maximum absolute atomic E-state index is 12.2. The second-order valence-corrected chi connectivity index (χ2v) is 7.05. The Labute approximate surface area is 150 Å². The molecule has 6 nitrogen and oxygen atoms in total. The van der Waals surface area contributed by atoms with Crippen molar-refractivity contribution in [1.29, 1.82) is 0 Å². The van der Waals surface area contributed by atoms with E-state index in [1.807, 2.05) is 37.3 Å². The number of nitrogens with one attached hydrogen (secondary N) is 2. The molecule has 1 saturated heterocycles. The topological polar surface area (TPSA) is 70.7 Å². The van der Waals surface area contributed by atoms with Crippen molar-refractivity contribution < 1.29 is 14.3 Å². The Morgan fingerprint density at radius 3 is 2.64 bits per heavy atom. The number of thiophene rings is 1. The summed E-state index contributed by atoms with van der Waals surface area (Å²) >= 11 is 1.41. The Morgan fingerprint density at radius 2 is 1.92 bits per heavy atom. The van der Waals surface area contributed by atoms with Crippen LogP contribution >= 0.6 is 11.3 Å². The highest BCUT2D eigenvalue weighted by Crippen LogP contribution is 2.26. The number of amides is 2. The zero-order valence-corrected chi connectivity index (χ0v) is 14.9. The van der Waals surface area contributed by atoms with Crippen LogP contribution in [-0.2, 0) is 9.53 Å². The molecule has 3 rings (SSSR count). The van der Waals surface area contributed by atoms with E-state index in [1.54, 1.807) is 6.07 Å². The van der Waals surface area contributed by atoms with E-state index in [0.717, 1.165) is 29.3 Å². The van der Waals surface area contributed by atoms with Gasteiger partial charge in [-0.25, -0.2) is 0 Å². The van der Waals surface area contributed by atoms with E-state index in [0.29, 0.717) is 18.1 Å². The van der Waals surface area contributed by atoms with E-state index in [2.05, 4.69) is 15.5 Å². The van der Waals surface area contributed by atoms with Gasteiger partial charge in [0.05, 0.1) is 36.0 Å². The van der Waals surface area contributed by atoms with E-state index < -0.39 is 0 Å². The van der Waals surface area contributed by atoms with E-state index in [9.17, 15) is 9.59 Å². The van der Waals surface area contributed by atoms with Gasteiger partial charge >= 0.3 is 0 Å². The standard InChI is InChI=1S/C18H21N3O3S/c1-13-6-7-16(25-13)18(23)19-12-17(22)20-14-4-2-3-5-15(14)21-8-10-24-11-9-21/h2-7H,8-12H2,1H3,(H,19,23)(H,20,22). The lowest BCUT2D eigenvalue weighted by atomic mass is 10.2. The van der Waals surface area contributed by atoms with Crippen LogP contribution in [0.5, 0.6) is 0 Å². The fourth-order valence-electron chi connectivity index (χ4n) is 2.66. The Hall–Kier alpha value is -2.38. The number of hydrogen-bond donors (Lipinski definition) is 2. The number of aryl methyl sites for hydroxylation is 1. The summed E-state index contributed by atoms with van der Waals surface area (Å²) in [5.74, 6) is -0.475. The molecule has 0 bridgehead atoms. The second-order valence-electron chi connectivity index (χ2n) is 5.76. The number of benzene rings is 1.